The predicted octanol–water partition coefficient (Wildman–Crippen LogP) is 3.21. The van der Waals surface area contributed by atoms with Gasteiger partial charge in [-0.3, -0.25) is 0 Å². The Morgan fingerprint density at radius 3 is 1.04 bits per heavy atom. The maximum absolute atomic E-state index is 4.86. The molecule has 11 nitrogen and oxygen atoms in total. The van der Waals surface area contributed by atoms with Gasteiger partial charge < -0.3 is 13.5 Å². The molecule has 0 unspecified atom stereocenters. The van der Waals surface area contributed by atoms with Crippen molar-refractivity contribution in [3.63, 3.8) is 0 Å². The van der Waals surface area contributed by atoms with E-state index in [1.807, 2.05) is 13.8 Å². The molecule has 0 N–H and O–H groups in total. The summed E-state index contributed by atoms with van der Waals surface area (Å²) in [5.41, 5.74) is 0. The first-order valence-electron chi connectivity index (χ1n) is 8.23. The topological polar surface area (TPSA) is 143 Å². The lowest BCUT2D eigenvalue weighted by atomic mass is 10.7. The van der Waals surface area contributed by atoms with E-state index in [9.17, 15) is 0 Å². The molecule has 4 heterocycles. The van der Waals surface area contributed by atoms with Crippen molar-refractivity contribution in [2.75, 3.05) is 0 Å². The molecule has 4 aromatic rings. The Balaban J connectivity index is 0.000000187. The fraction of sp³-hybridized carbons (Fsp3) is 0.500. The van der Waals surface area contributed by atoms with Crippen molar-refractivity contribution in [3.8, 4) is 0 Å². The SMILES string of the molecule is Cc1nnc(C)o1.Cc1nnc(C)s1.Cc1noc(C)n1.Cc1noc(C)n1. The molecule has 0 aliphatic carbocycles. The molecule has 12 heteroatoms. The summed E-state index contributed by atoms with van der Waals surface area (Å²) >= 11 is 1.62. The van der Waals surface area contributed by atoms with Crippen molar-refractivity contribution in [1.82, 2.24) is 40.7 Å². The molecule has 0 bridgehead atoms. The molecule has 0 radical (unpaired) electrons. The van der Waals surface area contributed by atoms with E-state index >= 15 is 0 Å². The number of hydrogen-bond acceptors (Lipinski definition) is 12. The number of aromatic nitrogens is 8. The summed E-state index contributed by atoms with van der Waals surface area (Å²) in [5.74, 6) is 3.88. The monoisotopic (exact) mass is 408 g/mol. The number of hydrogen-bond donors (Lipinski definition) is 0. The molecular formula is C16H24N8O3S. The van der Waals surface area contributed by atoms with Gasteiger partial charge in [-0.1, -0.05) is 10.3 Å². The molecule has 0 atom stereocenters. The molecule has 0 saturated heterocycles. The van der Waals surface area contributed by atoms with Gasteiger partial charge in [-0.05, 0) is 27.7 Å². The lowest BCUT2D eigenvalue weighted by Gasteiger charge is -1.70. The minimum absolute atomic E-state index is 0.623. The highest BCUT2D eigenvalue weighted by molar-refractivity contribution is 7.11. The maximum atomic E-state index is 4.86. The molecule has 0 amide bonds. The van der Waals surface area contributed by atoms with Gasteiger partial charge >= 0.3 is 0 Å². The van der Waals surface area contributed by atoms with Crippen LogP contribution in [0, 0.1) is 55.4 Å². The van der Waals surface area contributed by atoms with Gasteiger partial charge in [0.25, 0.3) is 0 Å². The van der Waals surface area contributed by atoms with Crippen molar-refractivity contribution < 1.29 is 13.5 Å². The second-order valence-corrected chi connectivity index (χ2v) is 6.79. The second kappa shape index (κ2) is 11.6. The van der Waals surface area contributed by atoms with Crippen LogP contribution in [0.5, 0.6) is 0 Å². The Hall–Kier alpha value is -3.02. The van der Waals surface area contributed by atoms with E-state index in [0.717, 1.165) is 10.0 Å². The highest BCUT2D eigenvalue weighted by atomic mass is 32.1. The normalized spacial score (nSPS) is 9.43. The molecule has 4 rings (SSSR count). The molecule has 28 heavy (non-hydrogen) atoms. The molecule has 152 valence electrons. The minimum atomic E-state index is 0.623. The van der Waals surface area contributed by atoms with Crippen LogP contribution in [0.25, 0.3) is 0 Å². The zero-order valence-corrected chi connectivity index (χ0v) is 18.0. The Kier molecular flexibility index (Phi) is 9.57. The zero-order valence-electron chi connectivity index (χ0n) is 17.2. The van der Waals surface area contributed by atoms with E-state index in [0.29, 0.717) is 35.2 Å². The van der Waals surface area contributed by atoms with Gasteiger partial charge in [-0.2, -0.15) is 9.97 Å². The fourth-order valence-corrected chi connectivity index (χ4v) is 2.18. The highest BCUT2D eigenvalue weighted by Crippen LogP contribution is 2.03. The Morgan fingerprint density at radius 1 is 0.536 bits per heavy atom. The van der Waals surface area contributed by atoms with Crippen LogP contribution >= 0.6 is 11.3 Å². The van der Waals surface area contributed by atoms with Crippen molar-refractivity contribution in [1.29, 1.82) is 0 Å². The van der Waals surface area contributed by atoms with E-state index < -0.39 is 0 Å². The summed E-state index contributed by atoms with van der Waals surface area (Å²) in [7, 11) is 0. The van der Waals surface area contributed by atoms with Gasteiger partial charge in [0, 0.05) is 27.7 Å². The van der Waals surface area contributed by atoms with Crippen LogP contribution in [0.15, 0.2) is 13.5 Å². The second-order valence-electron chi connectivity index (χ2n) is 5.40. The molecule has 0 aliphatic heterocycles. The summed E-state index contributed by atoms with van der Waals surface area (Å²) in [6.45, 7) is 14.5. The summed E-state index contributed by atoms with van der Waals surface area (Å²) < 4.78 is 14.1. The third kappa shape index (κ3) is 10.2. The van der Waals surface area contributed by atoms with E-state index in [1.54, 1.807) is 52.9 Å². The van der Waals surface area contributed by atoms with E-state index in [1.165, 1.54) is 0 Å². The third-order valence-corrected chi connectivity index (χ3v) is 3.27. The van der Waals surface area contributed by atoms with Crippen LogP contribution in [0.1, 0.15) is 45.2 Å². The first-order valence-corrected chi connectivity index (χ1v) is 9.04. The van der Waals surface area contributed by atoms with Gasteiger partial charge in [0.05, 0.1) is 0 Å². The van der Waals surface area contributed by atoms with Crippen LogP contribution in [0.3, 0.4) is 0 Å². The first-order chi connectivity index (χ1) is 13.2. The summed E-state index contributed by atoms with van der Waals surface area (Å²) in [5, 5.41) is 23.9. The molecule has 0 aromatic carbocycles. The highest BCUT2D eigenvalue weighted by Gasteiger charge is 1.91. The summed E-state index contributed by atoms with van der Waals surface area (Å²) in [6, 6.07) is 0. The molecule has 4 aromatic heterocycles. The van der Waals surface area contributed by atoms with Gasteiger partial charge in [-0.15, -0.1) is 31.7 Å². The van der Waals surface area contributed by atoms with Crippen molar-refractivity contribution >= 4 is 11.3 Å². The van der Waals surface area contributed by atoms with Gasteiger partial charge in [0.15, 0.2) is 11.6 Å². The van der Waals surface area contributed by atoms with E-state index in [4.69, 9.17) is 4.42 Å². The Labute approximate surface area is 166 Å². The van der Waals surface area contributed by atoms with Crippen LogP contribution in [0.2, 0.25) is 0 Å². The quantitative estimate of drug-likeness (QED) is 0.423. The van der Waals surface area contributed by atoms with Crippen LogP contribution in [-0.2, 0) is 0 Å². The van der Waals surface area contributed by atoms with Gasteiger partial charge in [0.1, 0.15) is 10.0 Å². The molecular weight excluding hydrogens is 384 g/mol. The average Bonchev–Trinajstić information content (AvgIpc) is 3.37. The summed E-state index contributed by atoms with van der Waals surface area (Å²) in [6.07, 6.45) is 0. The summed E-state index contributed by atoms with van der Waals surface area (Å²) in [4.78, 5) is 7.67. The third-order valence-electron chi connectivity index (χ3n) is 2.51. The van der Waals surface area contributed by atoms with Crippen molar-refractivity contribution in [3.05, 3.63) is 45.2 Å². The molecule has 0 aliphatic rings. The number of nitrogens with zero attached hydrogens (tertiary/aromatic N) is 8. The molecule has 0 spiro atoms. The largest absolute Gasteiger partial charge is 0.426 e. The number of rotatable bonds is 0. The van der Waals surface area contributed by atoms with Gasteiger partial charge in [0.2, 0.25) is 23.6 Å². The smallest absolute Gasteiger partial charge is 0.223 e. The first kappa shape index (κ1) is 23.0. The molecule has 0 saturated carbocycles. The van der Waals surface area contributed by atoms with Crippen LogP contribution in [-0.4, -0.2) is 40.7 Å². The minimum Gasteiger partial charge on any atom is -0.426 e. The number of aryl methyl sites for hydroxylation is 8. The molecule has 0 fully saturated rings. The van der Waals surface area contributed by atoms with Crippen molar-refractivity contribution in [2.45, 2.75) is 55.4 Å². The lowest BCUT2D eigenvalue weighted by Crippen LogP contribution is -1.70. The fourth-order valence-electron chi connectivity index (χ4n) is 1.59. The van der Waals surface area contributed by atoms with Crippen LogP contribution < -0.4 is 0 Å². The predicted molar refractivity (Wildman–Crippen MR) is 101 cm³/mol. The zero-order chi connectivity index (χ0) is 21.1. The van der Waals surface area contributed by atoms with Gasteiger partial charge in [-0.25, -0.2) is 0 Å². The average molecular weight is 408 g/mol. The maximum Gasteiger partial charge on any atom is 0.223 e. The Morgan fingerprint density at radius 2 is 0.929 bits per heavy atom. The van der Waals surface area contributed by atoms with Crippen LogP contribution in [0.4, 0.5) is 0 Å². The van der Waals surface area contributed by atoms with Crippen molar-refractivity contribution in [2.24, 2.45) is 0 Å². The standard InChI is InChI=1S/3C4H6N2O.C4H6N2S/c1-3-5-6-4(2)7-3;2*1-3-5-4(2)7-6-3;1-3-5-6-4(2)7-3/h4*1-2H3. The van der Waals surface area contributed by atoms with E-state index in [2.05, 4.69) is 49.7 Å². The lowest BCUT2D eigenvalue weighted by molar-refractivity contribution is 0.389. The van der Waals surface area contributed by atoms with E-state index in [-0.39, 0.29) is 0 Å². The Bertz CT molecular complexity index is 724.